The van der Waals surface area contributed by atoms with E-state index in [9.17, 15) is 9.59 Å². The highest BCUT2D eigenvalue weighted by Gasteiger charge is 2.24. The van der Waals surface area contributed by atoms with E-state index in [4.69, 9.17) is 9.84 Å². The molecule has 24 heavy (non-hydrogen) atoms. The van der Waals surface area contributed by atoms with Crippen molar-refractivity contribution in [2.45, 2.75) is 25.8 Å². The Bertz CT molecular complexity index is 785. The number of aliphatic carboxylic acids is 1. The summed E-state index contributed by atoms with van der Waals surface area (Å²) in [6, 6.07) is 12.9. The second-order valence-electron chi connectivity index (χ2n) is 5.98. The molecule has 0 bridgehead atoms. The fourth-order valence-electron chi connectivity index (χ4n) is 3.01. The molecule has 124 valence electrons. The van der Waals surface area contributed by atoms with E-state index in [0.29, 0.717) is 11.3 Å². The van der Waals surface area contributed by atoms with Gasteiger partial charge in [0, 0.05) is 5.56 Å². The summed E-state index contributed by atoms with van der Waals surface area (Å²) < 4.78 is 5.12. The fourth-order valence-corrected chi connectivity index (χ4v) is 3.01. The number of benzene rings is 2. The number of carboxylic acids is 1. The molecule has 0 saturated heterocycles. The highest BCUT2D eigenvalue weighted by molar-refractivity contribution is 5.95. The van der Waals surface area contributed by atoms with Gasteiger partial charge in [0.25, 0.3) is 5.91 Å². The minimum absolute atomic E-state index is 0.0108. The minimum atomic E-state index is -1.05. The molecule has 2 aromatic carbocycles. The van der Waals surface area contributed by atoms with E-state index in [1.807, 2.05) is 0 Å². The predicted octanol–water partition coefficient (Wildman–Crippen LogP) is 2.88. The number of amides is 1. The molecule has 1 amide bonds. The molecule has 5 nitrogen and oxygen atoms in total. The Labute approximate surface area is 140 Å². The van der Waals surface area contributed by atoms with Crippen LogP contribution in [0.2, 0.25) is 0 Å². The summed E-state index contributed by atoms with van der Waals surface area (Å²) in [5, 5.41) is 11.7. The van der Waals surface area contributed by atoms with Crippen LogP contribution in [0.15, 0.2) is 42.5 Å². The summed E-state index contributed by atoms with van der Waals surface area (Å²) in [4.78, 5) is 23.0. The van der Waals surface area contributed by atoms with Gasteiger partial charge in [0.05, 0.1) is 6.04 Å². The van der Waals surface area contributed by atoms with E-state index in [1.165, 1.54) is 16.7 Å². The molecule has 0 heterocycles. The maximum atomic E-state index is 12.5. The summed E-state index contributed by atoms with van der Waals surface area (Å²) in [7, 11) is 0. The Hall–Kier alpha value is -2.82. The van der Waals surface area contributed by atoms with Crippen LogP contribution in [-0.4, -0.2) is 23.6 Å². The third kappa shape index (κ3) is 3.56. The van der Waals surface area contributed by atoms with E-state index in [0.717, 1.165) is 12.8 Å². The van der Waals surface area contributed by atoms with Gasteiger partial charge in [0.1, 0.15) is 5.75 Å². The van der Waals surface area contributed by atoms with E-state index >= 15 is 0 Å². The van der Waals surface area contributed by atoms with Crippen molar-refractivity contribution in [1.82, 2.24) is 5.32 Å². The van der Waals surface area contributed by atoms with Crippen molar-refractivity contribution in [1.29, 1.82) is 0 Å². The van der Waals surface area contributed by atoms with Crippen LogP contribution in [0.1, 0.15) is 39.5 Å². The highest BCUT2D eigenvalue weighted by Crippen LogP contribution is 2.32. The van der Waals surface area contributed by atoms with Crippen molar-refractivity contribution in [2.24, 2.45) is 0 Å². The lowest BCUT2D eigenvalue weighted by Gasteiger charge is -2.15. The molecule has 1 atom stereocenters. The molecule has 0 saturated carbocycles. The summed E-state index contributed by atoms with van der Waals surface area (Å²) in [6.45, 7) is 1.63. The molecule has 3 rings (SSSR count). The molecule has 0 aliphatic heterocycles. The number of carbonyl (C=O) groups excluding carboxylic acids is 1. The quantitative estimate of drug-likeness (QED) is 0.886. The normalized spacial score (nSPS) is 15.6. The van der Waals surface area contributed by atoms with Gasteiger partial charge in [-0.15, -0.1) is 0 Å². The number of aryl methyl sites for hydroxylation is 2. The van der Waals surface area contributed by atoms with E-state index in [-0.39, 0.29) is 11.9 Å². The van der Waals surface area contributed by atoms with Gasteiger partial charge in [-0.3, -0.25) is 4.79 Å². The van der Waals surface area contributed by atoms with Gasteiger partial charge in [-0.25, -0.2) is 4.79 Å². The predicted molar refractivity (Wildman–Crippen MR) is 89.3 cm³/mol. The zero-order chi connectivity index (χ0) is 17.1. The number of carboxylic acid groups (broad SMARTS) is 1. The molecule has 0 radical (unpaired) electrons. The molecule has 2 N–H and O–H groups in total. The Morgan fingerprint density at radius 1 is 1.25 bits per heavy atom. The molecule has 2 aromatic rings. The third-order valence-corrected chi connectivity index (χ3v) is 4.14. The lowest BCUT2D eigenvalue weighted by Crippen LogP contribution is -2.27. The molecule has 0 spiro atoms. The summed E-state index contributed by atoms with van der Waals surface area (Å²) in [5.41, 5.74) is 4.15. The number of hydrogen-bond acceptors (Lipinski definition) is 3. The van der Waals surface area contributed by atoms with E-state index < -0.39 is 12.6 Å². The van der Waals surface area contributed by atoms with Crippen molar-refractivity contribution < 1.29 is 19.4 Å². The third-order valence-electron chi connectivity index (χ3n) is 4.14. The average molecular weight is 325 g/mol. The fraction of sp³-hybridized carbons (Fsp3) is 0.263. The Kier molecular flexibility index (Phi) is 4.51. The molecule has 5 heteroatoms. The smallest absolute Gasteiger partial charge is 0.341 e. The first kappa shape index (κ1) is 16.1. The van der Waals surface area contributed by atoms with Crippen LogP contribution in [0.4, 0.5) is 0 Å². The first-order valence-corrected chi connectivity index (χ1v) is 7.88. The zero-order valence-electron chi connectivity index (χ0n) is 13.4. The molecule has 0 aromatic heterocycles. The standard InChI is InChI=1S/C19H19NO4/c1-12-5-7-16-13(9-12)6-8-17(16)20-19(23)14-3-2-4-15(10-14)24-11-18(21)22/h2-5,7,9-10,17H,6,8,11H2,1H3,(H,20,23)(H,21,22). The van der Waals surface area contributed by atoms with Gasteiger partial charge in [0.2, 0.25) is 0 Å². The van der Waals surface area contributed by atoms with Crippen molar-refractivity contribution in [3.8, 4) is 5.75 Å². The zero-order valence-corrected chi connectivity index (χ0v) is 13.4. The van der Waals surface area contributed by atoms with Gasteiger partial charge < -0.3 is 15.2 Å². The van der Waals surface area contributed by atoms with Crippen molar-refractivity contribution >= 4 is 11.9 Å². The first-order chi connectivity index (χ1) is 11.5. The topological polar surface area (TPSA) is 75.6 Å². The van der Waals surface area contributed by atoms with Gasteiger partial charge in [-0.1, -0.05) is 29.8 Å². The van der Waals surface area contributed by atoms with Crippen LogP contribution in [0.5, 0.6) is 5.75 Å². The van der Waals surface area contributed by atoms with Crippen LogP contribution in [0.25, 0.3) is 0 Å². The highest BCUT2D eigenvalue weighted by atomic mass is 16.5. The maximum Gasteiger partial charge on any atom is 0.341 e. The lowest BCUT2D eigenvalue weighted by molar-refractivity contribution is -0.139. The van der Waals surface area contributed by atoms with Crippen LogP contribution in [0.3, 0.4) is 0 Å². The van der Waals surface area contributed by atoms with Crippen molar-refractivity contribution in [3.63, 3.8) is 0 Å². The molecular formula is C19H19NO4. The molecule has 1 aliphatic carbocycles. The Morgan fingerprint density at radius 2 is 2.08 bits per heavy atom. The lowest BCUT2D eigenvalue weighted by atomic mass is 10.1. The number of rotatable bonds is 5. The van der Waals surface area contributed by atoms with Gasteiger partial charge in [-0.05, 0) is 49.1 Å². The van der Waals surface area contributed by atoms with Gasteiger partial charge in [-0.2, -0.15) is 0 Å². The summed E-state index contributed by atoms with van der Waals surface area (Å²) >= 11 is 0. The number of nitrogens with one attached hydrogen (secondary N) is 1. The average Bonchev–Trinajstić information content (AvgIpc) is 2.95. The van der Waals surface area contributed by atoms with E-state index in [2.05, 4.69) is 30.4 Å². The molecular weight excluding hydrogens is 306 g/mol. The van der Waals surface area contributed by atoms with Crippen molar-refractivity contribution in [3.05, 3.63) is 64.7 Å². The molecule has 0 fully saturated rings. The number of fused-ring (bicyclic) bond motifs is 1. The van der Waals surface area contributed by atoms with Crippen LogP contribution in [-0.2, 0) is 11.2 Å². The maximum absolute atomic E-state index is 12.5. The monoisotopic (exact) mass is 325 g/mol. The summed E-state index contributed by atoms with van der Waals surface area (Å²) in [6.07, 6.45) is 1.85. The number of hydrogen-bond donors (Lipinski definition) is 2. The Morgan fingerprint density at radius 3 is 2.88 bits per heavy atom. The van der Waals surface area contributed by atoms with Crippen LogP contribution in [0, 0.1) is 6.92 Å². The number of ether oxygens (including phenoxy) is 1. The second-order valence-corrected chi connectivity index (χ2v) is 5.98. The summed E-state index contributed by atoms with van der Waals surface area (Å²) in [5.74, 6) is -0.871. The van der Waals surface area contributed by atoms with Gasteiger partial charge in [0.15, 0.2) is 6.61 Å². The molecule has 1 aliphatic rings. The number of carbonyl (C=O) groups is 2. The van der Waals surface area contributed by atoms with E-state index in [1.54, 1.807) is 24.3 Å². The van der Waals surface area contributed by atoms with Gasteiger partial charge >= 0.3 is 5.97 Å². The Balaban J connectivity index is 1.70. The van der Waals surface area contributed by atoms with Crippen molar-refractivity contribution in [2.75, 3.05) is 6.61 Å². The second kappa shape index (κ2) is 6.74. The minimum Gasteiger partial charge on any atom is -0.482 e. The van der Waals surface area contributed by atoms with Crippen LogP contribution < -0.4 is 10.1 Å². The first-order valence-electron chi connectivity index (χ1n) is 7.88. The SMILES string of the molecule is Cc1ccc2c(c1)CCC2NC(=O)c1cccc(OCC(=O)O)c1. The molecule has 1 unspecified atom stereocenters. The van der Waals surface area contributed by atoms with Crippen LogP contribution >= 0.6 is 0 Å². The largest absolute Gasteiger partial charge is 0.482 e.